The predicted molar refractivity (Wildman–Crippen MR) is 99.7 cm³/mol. The normalized spacial score (nSPS) is 11.8. The fourth-order valence-corrected chi connectivity index (χ4v) is 3.53. The molecular formula is C16H18N2O9S2. The Hall–Kier alpha value is -2.87. The summed E-state index contributed by atoms with van der Waals surface area (Å²) in [6.45, 7) is 0.828. The second-order valence-corrected chi connectivity index (χ2v) is 8.87. The summed E-state index contributed by atoms with van der Waals surface area (Å²) in [4.78, 5) is 11.0. The zero-order valence-corrected chi connectivity index (χ0v) is 16.6. The number of carbonyl (C=O) groups is 1. The van der Waals surface area contributed by atoms with Crippen molar-refractivity contribution < 1.29 is 40.9 Å². The van der Waals surface area contributed by atoms with E-state index in [2.05, 4.69) is 10.6 Å². The zero-order valence-electron chi connectivity index (χ0n) is 14.9. The molecule has 0 radical (unpaired) electrons. The van der Waals surface area contributed by atoms with Crippen LogP contribution < -0.4 is 10.6 Å². The van der Waals surface area contributed by atoms with E-state index in [9.17, 15) is 31.8 Å². The fraction of sp³-hybridized carbons (Fsp3) is 0.188. The van der Waals surface area contributed by atoms with Gasteiger partial charge in [-0.25, -0.2) is 4.79 Å². The molecule has 0 aliphatic heterocycles. The zero-order chi connectivity index (χ0) is 22.0. The third-order valence-electron chi connectivity index (χ3n) is 3.88. The Kier molecular flexibility index (Phi) is 6.37. The Labute approximate surface area is 166 Å². The number of phenols is 2. The van der Waals surface area contributed by atoms with Crippen molar-refractivity contribution in [3.8, 4) is 11.5 Å². The fourth-order valence-electron chi connectivity index (χ4n) is 2.38. The third kappa shape index (κ3) is 5.80. The topological polar surface area (TPSA) is 190 Å². The number of benzene rings is 2. The van der Waals surface area contributed by atoms with Crippen LogP contribution in [0.15, 0.2) is 40.1 Å². The van der Waals surface area contributed by atoms with E-state index in [4.69, 9.17) is 9.11 Å². The van der Waals surface area contributed by atoms with Gasteiger partial charge in [0.05, 0.1) is 9.79 Å². The monoisotopic (exact) mass is 446 g/mol. The molecule has 2 aromatic rings. The van der Waals surface area contributed by atoms with Crippen LogP contribution in [0.1, 0.15) is 16.7 Å². The van der Waals surface area contributed by atoms with Gasteiger partial charge in [0.25, 0.3) is 20.2 Å². The quantitative estimate of drug-likeness (QED) is 0.350. The number of nitrogens with one attached hydrogen (secondary N) is 2. The van der Waals surface area contributed by atoms with Crippen LogP contribution >= 0.6 is 0 Å². The van der Waals surface area contributed by atoms with E-state index in [0.717, 1.165) is 30.3 Å². The number of amides is 2. The van der Waals surface area contributed by atoms with Gasteiger partial charge in [-0.2, -0.15) is 16.8 Å². The lowest BCUT2D eigenvalue weighted by Crippen LogP contribution is -2.34. The van der Waals surface area contributed by atoms with E-state index in [1.165, 1.54) is 6.92 Å². The molecule has 6 N–H and O–H groups in total. The Morgan fingerprint density at radius 2 is 1.38 bits per heavy atom. The Balaban J connectivity index is 2.08. The van der Waals surface area contributed by atoms with Crippen molar-refractivity contribution in [2.24, 2.45) is 0 Å². The van der Waals surface area contributed by atoms with E-state index in [1.807, 2.05) is 0 Å². The van der Waals surface area contributed by atoms with Crippen molar-refractivity contribution >= 4 is 26.3 Å². The minimum Gasteiger partial charge on any atom is -0.508 e. The van der Waals surface area contributed by atoms with Crippen molar-refractivity contribution in [1.29, 1.82) is 0 Å². The van der Waals surface area contributed by atoms with E-state index >= 15 is 0 Å². The van der Waals surface area contributed by atoms with E-state index in [-0.39, 0.29) is 41.3 Å². The summed E-state index contributed by atoms with van der Waals surface area (Å²) in [7, 11) is -9.00. The molecule has 0 spiro atoms. The highest BCUT2D eigenvalue weighted by atomic mass is 32.2. The first-order chi connectivity index (χ1) is 13.3. The Bertz CT molecular complexity index is 1160. The summed E-state index contributed by atoms with van der Waals surface area (Å²) in [5.41, 5.74) is 0.218. The van der Waals surface area contributed by atoms with Crippen LogP contribution in [0, 0.1) is 6.92 Å². The number of hydrogen-bond donors (Lipinski definition) is 6. The molecule has 0 aliphatic carbocycles. The van der Waals surface area contributed by atoms with Gasteiger partial charge in [-0.15, -0.1) is 0 Å². The molecule has 0 fully saturated rings. The van der Waals surface area contributed by atoms with Crippen LogP contribution in [0.3, 0.4) is 0 Å². The van der Waals surface area contributed by atoms with Crippen molar-refractivity contribution in [1.82, 2.24) is 10.6 Å². The summed E-state index contributed by atoms with van der Waals surface area (Å²) < 4.78 is 63.0. The maximum Gasteiger partial charge on any atom is 0.315 e. The third-order valence-corrected chi connectivity index (χ3v) is 5.56. The molecule has 13 heteroatoms. The van der Waals surface area contributed by atoms with Crippen LogP contribution in [-0.4, -0.2) is 42.2 Å². The van der Waals surface area contributed by atoms with Crippen molar-refractivity contribution in [2.75, 3.05) is 0 Å². The number of rotatable bonds is 6. The number of aromatic hydroxyl groups is 2. The average molecular weight is 446 g/mol. The van der Waals surface area contributed by atoms with Gasteiger partial charge >= 0.3 is 6.03 Å². The molecule has 0 bridgehead atoms. The van der Waals surface area contributed by atoms with E-state index < -0.39 is 36.1 Å². The smallest absolute Gasteiger partial charge is 0.315 e. The number of phenolic OH excluding ortho intramolecular Hbond substituents is 2. The summed E-state index contributed by atoms with van der Waals surface area (Å²) in [5.74, 6) is -0.581. The molecule has 0 aliphatic rings. The van der Waals surface area contributed by atoms with Crippen LogP contribution in [0.5, 0.6) is 11.5 Å². The first-order valence-electron chi connectivity index (χ1n) is 7.90. The lowest BCUT2D eigenvalue weighted by molar-refractivity contribution is 0.240. The summed E-state index contributed by atoms with van der Waals surface area (Å²) >= 11 is 0. The molecule has 29 heavy (non-hydrogen) atoms. The van der Waals surface area contributed by atoms with Gasteiger partial charge in [0, 0.05) is 24.2 Å². The van der Waals surface area contributed by atoms with Gasteiger partial charge in [0.2, 0.25) is 0 Å². The molecule has 158 valence electrons. The summed E-state index contributed by atoms with van der Waals surface area (Å²) in [6.07, 6.45) is 0. The Morgan fingerprint density at radius 1 is 0.862 bits per heavy atom. The maximum atomic E-state index is 11.9. The van der Waals surface area contributed by atoms with Gasteiger partial charge < -0.3 is 20.8 Å². The number of urea groups is 1. The van der Waals surface area contributed by atoms with Crippen molar-refractivity contribution in [3.05, 3.63) is 47.0 Å². The second-order valence-electron chi connectivity index (χ2n) is 6.02. The van der Waals surface area contributed by atoms with E-state index in [1.54, 1.807) is 0 Å². The molecule has 0 unspecified atom stereocenters. The molecule has 11 nitrogen and oxygen atoms in total. The molecule has 0 saturated heterocycles. The molecule has 2 amide bonds. The number of carbonyl (C=O) groups excluding carboxylic acids is 1. The van der Waals surface area contributed by atoms with Gasteiger partial charge in [-0.3, -0.25) is 9.11 Å². The van der Waals surface area contributed by atoms with Gasteiger partial charge in [-0.1, -0.05) is 0 Å². The van der Waals surface area contributed by atoms with Crippen LogP contribution in [0.4, 0.5) is 4.79 Å². The van der Waals surface area contributed by atoms with Crippen LogP contribution in [0.2, 0.25) is 0 Å². The SMILES string of the molecule is Cc1cc(S(=O)(=O)O)cc(CNC(=O)NCc2cc(S(=O)(=O)O)ccc2O)c1O. The maximum absolute atomic E-state index is 11.9. The van der Waals surface area contributed by atoms with E-state index in [0.29, 0.717) is 0 Å². The highest BCUT2D eigenvalue weighted by Crippen LogP contribution is 2.26. The largest absolute Gasteiger partial charge is 0.508 e. The van der Waals surface area contributed by atoms with Gasteiger partial charge in [0.15, 0.2) is 0 Å². The van der Waals surface area contributed by atoms with Gasteiger partial charge in [-0.05, 0) is 42.8 Å². The average Bonchev–Trinajstić information content (AvgIpc) is 2.60. The first kappa shape index (κ1) is 22.4. The standard InChI is InChI=1S/C16H18N2O9S2/c1-9-4-13(29(25,26)27)6-11(15(9)20)8-18-16(21)17-7-10-5-12(28(22,23)24)2-3-14(10)19/h2-6,19-20H,7-8H2,1H3,(H2,17,18,21)(H,22,23,24)(H,25,26,27). The molecule has 2 aromatic carbocycles. The number of aryl methyl sites for hydroxylation is 1. The summed E-state index contributed by atoms with van der Waals surface area (Å²) in [6, 6.07) is 4.30. The highest BCUT2D eigenvalue weighted by molar-refractivity contribution is 7.86. The van der Waals surface area contributed by atoms with Crippen molar-refractivity contribution in [3.63, 3.8) is 0 Å². The molecule has 2 rings (SSSR count). The predicted octanol–water partition coefficient (Wildman–Crippen LogP) is 0.899. The lowest BCUT2D eigenvalue weighted by atomic mass is 10.1. The lowest BCUT2D eigenvalue weighted by Gasteiger charge is -2.12. The highest BCUT2D eigenvalue weighted by Gasteiger charge is 2.16. The molecule has 0 aromatic heterocycles. The minimum atomic E-state index is -4.51. The first-order valence-corrected chi connectivity index (χ1v) is 10.8. The van der Waals surface area contributed by atoms with Crippen LogP contribution in [0.25, 0.3) is 0 Å². The second kappa shape index (κ2) is 8.24. The number of hydrogen-bond acceptors (Lipinski definition) is 7. The molecule has 0 atom stereocenters. The van der Waals surface area contributed by atoms with Gasteiger partial charge in [0.1, 0.15) is 11.5 Å². The summed E-state index contributed by atoms with van der Waals surface area (Å²) in [5, 5.41) is 24.4. The van der Waals surface area contributed by atoms with Crippen molar-refractivity contribution in [2.45, 2.75) is 29.8 Å². The molecule has 0 heterocycles. The minimum absolute atomic E-state index is 0.0161. The molecular weight excluding hydrogens is 428 g/mol. The molecule has 0 saturated carbocycles. The van der Waals surface area contributed by atoms with Crippen LogP contribution in [-0.2, 0) is 33.3 Å². The Morgan fingerprint density at radius 3 is 1.93 bits per heavy atom.